The van der Waals surface area contributed by atoms with Gasteiger partial charge in [-0.3, -0.25) is 10.1 Å². The molecule has 3 rings (SSSR count). The molecule has 0 radical (unpaired) electrons. The summed E-state index contributed by atoms with van der Waals surface area (Å²) in [5.41, 5.74) is 3.31. The minimum absolute atomic E-state index is 0.0737. The Balaban J connectivity index is 1.44. The smallest absolute Gasteiger partial charge is 0.264 e. The van der Waals surface area contributed by atoms with Gasteiger partial charge in [0.1, 0.15) is 16.5 Å². The third kappa shape index (κ3) is 5.53. The third-order valence-electron chi connectivity index (χ3n) is 4.20. The van der Waals surface area contributed by atoms with Crippen LogP contribution in [0.3, 0.4) is 0 Å². The molecule has 0 spiro atoms. The molecule has 0 aliphatic heterocycles. The lowest BCUT2D eigenvalue weighted by Gasteiger charge is -2.10. The Labute approximate surface area is 168 Å². The summed E-state index contributed by atoms with van der Waals surface area (Å²) in [7, 11) is 0. The molecule has 0 bridgehead atoms. The monoisotopic (exact) mass is 397 g/mol. The number of nitrogens with one attached hydrogen (secondary N) is 1. The lowest BCUT2D eigenvalue weighted by molar-refractivity contribution is -0.118. The molecule has 28 heavy (non-hydrogen) atoms. The normalized spacial score (nSPS) is 10.5. The molecule has 0 saturated carbocycles. The number of rotatable bonds is 8. The second-order valence-electron chi connectivity index (χ2n) is 6.45. The summed E-state index contributed by atoms with van der Waals surface area (Å²) in [6.07, 6.45) is 0.625. The number of aromatic nitrogens is 2. The summed E-state index contributed by atoms with van der Waals surface area (Å²) in [5.74, 6) is 1.28. The molecular weight excluding hydrogens is 374 g/mol. The van der Waals surface area contributed by atoms with E-state index in [-0.39, 0.29) is 12.5 Å². The van der Waals surface area contributed by atoms with Crippen molar-refractivity contribution < 1.29 is 14.3 Å². The van der Waals surface area contributed by atoms with Gasteiger partial charge in [0, 0.05) is 6.42 Å². The Morgan fingerprint density at radius 2 is 1.89 bits per heavy atom. The average molecular weight is 398 g/mol. The molecule has 146 valence electrons. The van der Waals surface area contributed by atoms with Gasteiger partial charge >= 0.3 is 0 Å². The Bertz CT molecular complexity index is 956. The Hall–Kier alpha value is -2.93. The van der Waals surface area contributed by atoms with Crippen LogP contribution in [0, 0.1) is 20.8 Å². The summed E-state index contributed by atoms with van der Waals surface area (Å²) >= 11 is 1.34. The molecular formula is C21H23N3O3S. The van der Waals surface area contributed by atoms with Crippen LogP contribution in [0.15, 0.2) is 42.5 Å². The predicted octanol–water partition coefficient (Wildman–Crippen LogP) is 4.10. The predicted molar refractivity (Wildman–Crippen MR) is 110 cm³/mol. The van der Waals surface area contributed by atoms with Crippen molar-refractivity contribution in [2.45, 2.75) is 27.2 Å². The minimum Gasteiger partial charge on any atom is -0.493 e. The van der Waals surface area contributed by atoms with Crippen molar-refractivity contribution in [3.63, 3.8) is 0 Å². The highest BCUT2D eigenvalue weighted by Gasteiger charge is 2.10. The number of aryl methyl sites for hydroxylation is 2. The highest BCUT2D eigenvalue weighted by atomic mass is 32.1. The summed E-state index contributed by atoms with van der Waals surface area (Å²) in [5, 5.41) is 12.1. The van der Waals surface area contributed by atoms with Gasteiger partial charge in [-0.2, -0.15) is 0 Å². The zero-order valence-electron chi connectivity index (χ0n) is 16.2. The first-order valence-corrected chi connectivity index (χ1v) is 9.83. The molecule has 6 nitrogen and oxygen atoms in total. The van der Waals surface area contributed by atoms with E-state index in [4.69, 9.17) is 9.47 Å². The molecule has 0 unspecified atom stereocenters. The highest BCUT2D eigenvalue weighted by Crippen LogP contribution is 2.21. The molecule has 0 aliphatic rings. The molecule has 7 heteroatoms. The van der Waals surface area contributed by atoms with E-state index in [0.29, 0.717) is 23.9 Å². The zero-order chi connectivity index (χ0) is 19.9. The van der Waals surface area contributed by atoms with Crippen LogP contribution in [-0.2, 0) is 11.2 Å². The van der Waals surface area contributed by atoms with Gasteiger partial charge < -0.3 is 9.47 Å². The molecule has 1 heterocycles. The number of amides is 1. The van der Waals surface area contributed by atoms with E-state index in [9.17, 15) is 4.79 Å². The van der Waals surface area contributed by atoms with E-state index in [1.807, 2.05) is 63.2 Å². The van der Waals surface area contributed by atoms with Crippen molar-refractivity contribution in [1.82, 2.24) is 10.2 Å². The van der Waals surface area contributed by atoms with Crippen LogP contribution in [0.4, 0.5) is 5.13 Å². The van der Waals surface area contributed by atoms with Crippen LogP contribution in [0.2, 0.25) is 0 Å². The molecule has 0 fully saturated rings. The topological polar surface area (TPSA) is 73.3 Å². The highest BCUT2D eigenvalue weighted by molar-refractivity contribution is 7.15. The fourth-order valence-electron chi connectivity index (χ4n) is 2.55. The SMILES string of the molecule is Cc1cccc(OCCc2nnc(NC(=O)COc3cccc(C)c3C)s2)c1. The summed E-state index contributed by atoms with van der Waals surface area (Å²) in [6, 6.07) is 13.7. The van der Waals surface area contributed by atoms with Crippen molar-refractivity contribution in [1.29, 1.82) is 0 Å². The molecule has 1 amide bonds. The van der Waals surface area contributed by atoms with Crippen molar-refractivity contribution in [3.05, 3.63) is 64.2 Å². The van der Waals surface area contributed by atoms with E-state index in [0.717, 1.165) is 27.4 Å². The fraction of sp³-hybridized carbons (Fsp3) is 0.286. The zero-order valence-corrected chi connectivity index (χ0v) is 17.0. The van der Waals surface area contributed by atoms with Gasteiger partial charge in [-0.05, 0) is 55.7 Å². The molecule has 1 N–H and O–H groups in total. The third-order valence-corrected chi connectivity index (χ3v) is 5.10. The van der Waals surface area contributed by atoms with E-state index in [1.54, 1.807) is 0 Å². The summed E-state index contributed by atoms with van der Waals surface area (Å²) < 4.78 is 11.3. The maximum atomic E-state index is 12.1. The van der Waals surface area contributed by atoms with Crippen molar-refractivity contribution in [2.75, 3.05) is 18.5 Å². The number of nitrogens with zero attached hydrogens (tertiary/aromatic N) is 2. The number of hydrogen-bond acceptors (Lipinski definition) is 6. The van der Waals surface area contributed by atoms with E-state index < -0.39 is 0 Å². The maximum Gasteiger partial charge on any atom is 0.264 e. The first-order valence-electron chi connectivity index (χ1n) is 9.02. The van der Waals surface area contributed by atoms with E-state index in [1.165, 1.54) is 11.3 Å². The number of hydrogen-bond donors (Lipinski definition) is 1. The number of anilines is 1. The Kier molecular flexibility index (Phi) is 6.60. The van der Waals surface area contributed by atoms with Crippen LogP contribution in [0.25, 0.3) is 0 Å². The fourth-order valence-corrected chi connectivity index (χ4v) is 3.28. The van der Waals surface area contributed by atoms with Crippen LogP contribution in [0.5, 0.6) is 11.5 Å². The second kappa shape index (κ2) is 9.32. The number of carbonyl (C=O) groups excluding carboxylic acids is 1. The largest absolute Gasteiger partial charge is 0.493 e. The van der Waals surface area contributed by atoms with E-state index >= 15 is 0 Å². The molecule has 1 aromatic heterocycles. The van der Waals surface area contributed by atoms with Crippen molar-refractivity contribution in [3.8, 4) is 11.5 Å². The lowest BCUT2D eigenvalue weighted by Crippen LogP contribution is -2.20. The van der Waals surface area contributed by atoms with Gasteiger partial charge in [0.25, 0.3) is 5.91 Å². The average Bonchev–Trinajstić information content (AvgIpc) is 3.10. The lowest BCUT2D eigenvalue weighted by atomic mass is 10.1. The standard InChI is InChI=1S/C21H23N3O3S/c1-14-6-4-8-17(12-14)26-11-10-20-23-24-21(28-20)22-19(25)13-27-18-9-5-7-15(2)16(18)3/h4-9,12H,10-11,13H2,1-3H3,(H,22,24,25). The number of ether oxygens (including phenoxy) is 2. The van der Waals surface area contributed by atoms with Crippen molar-refractivity contribution >= 4 is 22.4 Å². The van der Waals surface area contributed by atoms with Gasteiger partial charge in [-0.1, -0.05) is 35.6 Å². The summed E-state index contributed by atoms with van der Waals surface area (Å²) in [6.45, 7) is 6.43. The first kappa shape index (κ1) is 19.8. The first-order chi connectivity index (χ1) is 13.5. The van der Waals surface area contributed by atoms with Crippen LogP contribution < -0.4 is 14.8 Å². The molecule has 3 aromatic rings. The quantitative estimate of drug-likeness (QED) is 0.619. The number of benzene rings is 2. The Morgan fingerprint density at radius 1 is 1.07 bits per heavy atom. The van der Waals surface area contributed by atoms with Gasteiger partial charge in [-0.15, -0.1) is 10.2 Å². The van der Waals surface area contributed by atoms with Crippen LogP contribution in [0.1, 0.15) is 21.7 Å². The van der Waals surface area contributed by atoms with Crippen LogP contribution >= 0.6 is 11.3 Å². The maximum absolute atomic E-state index is 12.1. The molecule has 0 aliphatic carbocycles. The minimum atomic E-state index is -0.264. The second-order valence-corrected chi connectivity index (χ2v) is 7.51. The van der Waals surface area contributed by atoms with Gasteiger partial charge in [-0.25, -0.2) is 0 Å². The molecule has 0 saturated heterocycles. The van der Waals surface area contributed by atoms with Crippen molar-refractivity contribution in [2.24, 2.45) is 0 Å². The molecule has 0 atom stereocenters. The molecule has 2 aromatic carbocycles. The van der Waals surface area contributed by atoms with E-state index in [2.05, 4.69) is 15.5 Å². The van der Waals surface area contributed by atoms with Gasteiger partial charge in [0.2, 0.25) is 5.13 Å². The Morgan fingerprint density at radius 3 is 2.71 bits per heavy atom. The van der Waals surface area contributed by atoms with Crippen LogP contribution in [-0.4, -0.2) is 29.3 Å². The van der Waals surface area contributed by atoms with Gasteiger partial charge in [0.15, 0.2) is 6.61 Å². The van der Waals surface area contributed by atoms with Gasteiger partial charge in [0.05, 0.1) is 6.61 Å². The summed E-state index contributed by atoms with van der Waals surface area (Å²) in [4.78, 5) is 12.1. The number of carbonyl (C=O) groups is 1.